The van der Waals surface area contributed by atoms with E-state index in [0.29, 0.717) is 0 Å². The number of nitrogens with one attached hydrogen (secondary N) is 1. The van der Waals surface area contributed by atoms with Crippen LogP contribution in [-0.2, 0) is 26.2 Å². The maximum Gasteiger partial charge on any atom is 2.00 e. The standard InChI is InChI=1S/C5H5.C4H4N.C4H9.2ClH.Zr/c2*1-2-4-5-3-1;1-4(2)3;;;/h1-3H,4H2;1-3,5H;1-3H3;2*1H;/q3*-1;;;+2/p-2. The van der Waals surface area contributed by atoms with E-state index in [1.54, 1.807) is 0 Å². The van der Waals surface area contributed by atoms with Gasteiger partial charge < -0.3 is 35.7 Å². The molecule has 0 saturated carbocycles. The molecule has 1 aliphatic carbocycles. The van der Waals surface area contributed by atoms with Gasteiger partial charge in [0, 0.05) is 0 Å². The third kappa shape index (κ3) is 31.4. The average molecular weight is 350 g/mol. The topological polar surface area (TPSA) is 15.8 Å². The summed E-state index contributed by atoms with van der Waals surface area (Å²) in [5.74, 6) is 1.42. The first-order chi connectivity index (χ1) is 6.73. The molecule has 1 nitrogen and oxygen atoms in total. The van der Waals surface area contributed by atoms with E-state index in [9.17, 15) is 0 Å². The number of aromatic nitrogens is 1. The van der Waals surface area contributed by atoms with Gasteiger partial charge in [-0.15, -0.1) is 12.6 Å². The third-order valence-corrected chi connectivity index (χ3v) is 1.03. The van der Waals surface area contributed by atoms with E-state index in [1.165, 1.54) is 5.92 Å². The molecular formula is C13H18Cl2NZr-3. The van der Waals surface area contributed by atoms with E-state index in [4.69, 9.17) is 0 Å². The second kappa shape index (κ2) is 21.5. The Balaban J connectivity index is -0.0000000692. The van der Waals surface area contributed by atoms with Gasteiger partial charge in [-0.3, -0.25) is 6.08 Å². The minimum Gasteiger partial charge on any atom is -1.00 e. The van der Waals surface area contributed by atoms with Gasteiger partial charge in [0.1, 0.15) is 0 Å². The van der Waals surface area contributed by atoms with Gasteiger partial charge >= 0.3 is 26.2 Å². The molecule has 4 heteroatoms. The molecule has 0 saturated heterocycles. The van der Waals surface area contributed by atoms with Gasteiger partial charge in [0.25, 0.3) is 0 Å². The summed E-state index contributed by atoms with van der Waals surface area (Å²) in [6.07, 6.45) is 14.6. The van der Waals surface area contributed by atoms with Crippen molar-refractivity contribution in [1.82, 2.24) is 4.98 Å². The molecule has 0 spiro atoms. The van der Waals surface area contributed by atoms with Gasteiger partial charge in [-0.05, 0) is 0 Å². The fourth-order valence-electron chi connectivity index (χ4n) is 0.581. The maximum absolute atomic E-state index is 2.99. The molecule has 1 heterocycles. The Morgan fingerprint density at radius 1 is 1.18 bits per heavy atom. The SMILES string of the molecule is C[C-](C)C.[C-]1=CC=CC1.[Cl-].[Cl-].[Zr+2].[c-]1ccc[nH]1. The van der Waals surface area contributed by atoms with Crippen LogP contribution in [0.15, 0.2) is 36.6 Å². The van der Waals surface area contributed by atoms with Crippen molar-refractivity contribution in [2.45, 2.75) is 27.2 Å². The van der Waals surface area contributed by atoms with Crippen LogP contribution in [-0.4, -0.2) is 4.98 Å². The molecule has 0 aliphatic heterocycles. The fourth-order valence-corrected chi connectivity index (χ4v) is 0.581. The summed E-state index contributed by atoms with van der Waals surface area (Å²) in [6.45, 7) is 6.25. The van der Waals surface area contributed by atoms with Crippen LogP contribution in [0.25, 0.3) is 0 Å². The first-order valence-corrected chi connectivity index (χ1v) is 4.71. The van der Waals surface area contributed by atoms with Gasteiger partial charge in [-0.2, -0.15) is 45.2 Å². The van der Waals surface area contributed by atoms with Crippen molar-refractivity contribution >= 4 is 0 Å². The molecule has 0 amide bonds. The first kappa shape index (κ1) is 25.9. The van der Waals surface area contributed by atoms with Crippen LogP contribution in [0.4, 0.5) is 0 Å². The minimum absolute atomic E-state index is 0. The molecule has 0 aromatic carbocycles. The molecule has 2 rings (SSSR count). The maximum atomic E-state index is 2.99. The Morgan fingerprint density at radius 3 is 1.88 bits per heavy atom. The molecule has 0 bridgehead atoms. The number of hydrogen-bond acceptors (Lipinski definition) is 0. The largest absolute Gasteiger partial charge is 2.00 e. The van der Waals surface area contributed by atoms with E-state index < -0.39 is 0 Å². The van der Waals surface area contributed by atoms with Crippen LogP contribution in [0, 0.1) is 18.2 Å². The molecule has 0 fully saturated rings. The zero-order chi connectivity index (χ0) is 10.6. The normalized spacial score (nSPS) is 9.65. The van der Waals surface area contributed by atoms with Crippen LogP contribution in [0.5, 0.6) is 0 Å². The molecule has 96 valence electrons. The second-order valence-electron chi connectivity index (χ2n) is 3.32. The zero-order valence-electron chi connectivity index (χ0n) is 10.4. The summed E-state index contributed by atoms with van der Waals surface area (Å²) in [6, 6.07) is 3.71. The summed E-state index contributed by atoms with van der Waals surface area (Å²) in [5, 5.41) is 0. The van der Waals surface area contributed by atoms with E-state index in [0.717, 1.165) is 6.42 Å². The van der Waals surface area contributed by atoms with Crippen LogP contribution < -0.4 is 24.8 Å². The number of halogens is 2. The van der Waals surface area contributed by atoms with Gasteiger partial charge in [0.15, 0.2) is 0 Å². The quantitative estimate of drug-likeness (QED) is 0.509. The fraction of sp³-hybridized carbons (Fsp3) is 0.308. The predicted molar refractivity (Wildman–Crippen MR) is 61.5 cm³/mol. The zero-order valence-corrected chi connectivity index (χ0v) is 14.4. The average Bonchev–Trinajstić information content (AvgIpc) is 2.83. The van der Waals surface area contributed by atoms with Gasteiger partial charge in [-0.25, -0.2) is 12.2 Å². The van der Waals surface area contributed by atoms with E-state index in [-0.39, 0.29) is 51.0 Å². The molecular weight excluding hydrogens is 332 g/mol. The molecule has 17 heavy (non-hydrogen) atoms. The van der Waals surface area contributed by atoms with Crippen LogP contribution in [0.1, 0.15) is 27.2 Å². The number of hydrogen-bond donors (Lipinski definition) is 1. The summed E-state index contributed by atoms with van der Waals surface area (Å²) in [5.41, 5.74) is 0. The Kier molecular flexibility index (Phi) is 32.8. The monoisotopic (exact) mass is 348 g/mol. The van der Waals surface area contributed by atoms with Crippen LogP contribution >= 0.6 is 0 Å². The van der Waals surface area contributed by atoms with Gasteiger partial charge in [0.2, 0.25) is 0 Å². The Hall–Kier alpha value is 0.223. The molecule has 1 aromatic rings. The Labute approximate surface area is 137 Å². The number of allylic oxidation sites excluding steroid dienone is 4. The number of aromatic amines is 1. The van der Waals surface area contributed by atoms with Crippen molar-refractivity contribution in [2.24, 2.45) is 0 Å². The van der Waals surface area contributed by atoms with Crippen molar-refractivity contribution in [3.63, 3.8) is 0 Å². The summed E-state index contributed by atoms with van der Waals surface area (Å²) in [7, 11) is 0. The molecule has 0 unspecified atom stereocenters. The Morgan fingerprint density at radius 2 is 1.76 bits per heavy atom. The van der Waals surface area contributed by atoms with Crippen molar-refractivity contribution in [1.29, 1.82) is 0 Å². The first-order valence-electron chi connectivity index (χ1n) is 4.71. The second-order valence-corrected chi connectivity index (χ2v) is 3.32. The number of H-pyrrole nitrogens is 1. The summed E-state index contributed by atoms with van der Waals surface area (Å²) >= 11 is 0. The molecule has 0 atom stereocenters. The molecule has 1 N–H and O–H groups in total. The van der Waals surface area contributed by atoms with Gasteiger partial charge in [0.05, 0.1) is 0 Å². The van der Waals surface area contributed by atoms with Crippen molar-refractivity contribution in [3.05, 3.63) is 54.7 Å². The van der Waals surface area contributed by atoms with Crippen LogP contribution in [0.2, 0.25) is 0 Å². The van der Waals surface area contributed by atoms with Crippen molar-refractivity contribution in [3.8, 4) is 0 Å². The predicted octanol–water partition coefficient (Wildman–Crippen LogP) is -2.25. The molecule has 1 aliphatic rings. The van der Waals surface area contributed by atoms with E-state index in [2.05, 4.69) is 44.1 Å². The summed E-state index contributed by atoms with van der Waals surface area (Å²) < 4.78 is 0. The third-order valence-electron chi connectivity index (χ3n) is 1.03. The summed E-state index contributed by atoms with van der Waals surface area (Å²) in [4.78, 5) is 2.74. The minimum atomic E-state index is 0. The Bertz CT molecular complexity index is 214. The smallest absolute Gasteiger partial charge is 1.00 e. The van der Waals surface area contributed by atoms with E-state index in [1.807, 2.05) is 30.5 Å². The van der Waals surface area contributed by atoms with Crippen molar-refractivity contribution < 1.29 is 51.0 Å². The van der Waals surface area contributed by atoms with E-state index >= 15 is 0 Å². The molecule has 1 aromatic heterocycles. The van der Waals surface area contributed by atoms with Gasteiger partial charge in [-0.1, -0.05) is 0 Å². The number of rotatable bonds is 0. The molecule has 0 radical (unpaired) electrons. The van der Waals surface area contributed by atoms with Crippen molar-refractivity contribution in [2.75, 3.05) is 0 Å². The van der Waals surface area contributed by atoms with Crippen LogP contribution in [0.3, 0.4) is 0 Å².